The van der Waals surface area contributed by atoms with Crippen LogP contribution in [0.25, 0.3) is 0 Å². The number of benzene rings is 2. The van der Waals surface area contributed by atoms with E-state index in [0.717, 1.165) is 0 Å². The Kier molecular flexibility index (Phi) is 6.20. The lowest BCUT2D eigenvalue weighted by Gasteiger charge is -2.17. The summed E-state index contributed by atoms with van der Waals surface area (Å²) in [7, 11) is 1.52. The van der Waals surface area contributed by atoms with Crippen LogP contribution in [-0.2, 0) is 4.79 Å². The molecule has 0 heterocycles. The normalized spacial score (nSPS) is 11.3. The second kappa shape index (κ2) is 8.35. The van der Waals surface area contributed by atoms with Crippen LogP contribution in [0.4, 0.5) is 0 Å². The Morgan fingerprint density at radius 2 is 1.62 bits per heavy atom. The number of hydrogen-bond acceptors (Lipinski definition) is 4. The van der Waals surface area contributed by atoms with Gasteiger partial charge in [-0.05, 0) is 47.1 Å². The largest absolute Gasteiger partial charge is 0.493 e. The number of carbonyl (C=O) groups excluding carboxylic acids is 2. The molecule has 2 rings (SSSR count). The van der Waals surface area contributed by atoms with Crippen LogP contribution in [0.5, 0.6) is 11.5 Å². The number of amides is 2. The summed E-state index contributed by atoms with van der Waals surface area (Å²) in [5, 5.41) is 0. The first-order valence-electron chi connectivity index (χ1n) is 7.17. The minimum absolute atomic E-state index is 0.413. The van der Waals surface area contributed by atoms with E-state index in [9.17, 15) is 9.59 Å². The summed E-state index contributed by atoms with van der Waals surface area (Å²) in [5.74, 6) is 0.0517. The van der Waals surface area contributed by atoms with Crippen molar-refractivity contribution in [1.82, 2.24) is 10.9 Å². The fourth-order valence-corrected chi connectivity index (χ4v) is 2.36. The zero-order valence-corrected chi connectivity index (χ0v) is 14.8. The standard InChI is InChI=1S/C17H17BrN2O4/c1-11(24-15-10-6-5-9-14(15)23-2)16(21)19-20-17(22)12-7-3-4-8-13(12)18/h3-11H,1-2H3,(H,19,21)(H,20,22). The molecule has 126 valence electrons. The van der Waals surface area contributed by atoms with Crippen molar-refractivity contribution >= 4 is 27.7 Å². The van der Waals surface area contributed by atoms with Crippen molar-refractivity contribution in [3.8, 4) is 11.5 Å². The van der Waals surface area contributed by atoms with Gasteiger partial charge in [-0.2, -0.15) is 0 Å². The number of rotatable bonds is 5. The summed E-state index contributed by atoms with van der Waals surface area (Å²) >= 11 is 3.28. The van der Waals surface area contributed by atoms with Gasteiger partial charge in [0.05, 0.1) is 12.7 Å². The molecule has 0 radical (unpaired) electrons. The summed E-state index contributed by atoms with van der Waals surface area (Å²) in [6.45, 7) is 1.58. The van der Waals surface area contributed by atoms with E-state index in [4.69, 9.17) is 9.47 Å². The third-order valence-electron chi connectivity index (χ3n) is 3.16. The lowest BCUT2D eigenvalue weighted by Crippen LogP contribution is -2.47. The van der Waals surface area contributed by atoms with Gasteiger partial charge in [-0.3, -0.25) is 20.4 Å². The van der Waals surface area contributed by atoms with Crippen LogP contribution in [0, 0.1) is 0 Å². The third-order valence-corrected chi connectivity index (χ3v) is 3.85. The van der Waals surface area contributed by atoms with E-state index in [1.165, 1.54) is 7.11 Å². The molecule has 24 heavy (non-hydrogen) atoms. The molecule has 0 spiro atoms. The summed E-state index contributed by atoms with van der Waals surface area (Å²) in [4.78, 5) is 24.1. The topological polar surface area (TPSA) is 76.7 Å². The van der Waals surface area contributed by atoms with Gasteiger partial charge in [0, 0.05) is 4.47 Å². The molecular formula is C17H17BrN2O4. The van der Waals surface area contributed by atoms with Crippen molar-refractivity contribution in [2.75, 3.05) is 7.11 Å². The van der Waals surface area contributed by atoms with Gasteiger partial charge >= 0.3 is 0 Å². The Labute approximate surface area is 148 Å². The van der Waals surface area contributed by atoms with Gasteiger partial charge in [0.15, 0.2) is 17.6 Å². The van der Waals surface area contributed by atoms with Crippen molar-refractivity contribution in [2.45, 2.75) is 13.0 Å². The highest BCUT2D eigenvalue weighted by atomic mass is 79.9. The van der Waals surface area contributed by atoms with Crippen LogP contribution in [-0.4, -0.2) is 25.0 Å². The Morgan fingerprint density at radius 3 is 2.29 bits per heavy atom. The van der Waals surface area contributed by atoms with E-state index in [0.29, 0.717) is 21.5 Å². The smallest absolute Gasteiger partial charge is 0.279 e. The Bertz CT molecular complexity index is 736. The maximum atomic E-state index is 12.1. The highest BCUT2D eigenvalue weighted by molar-refractivity contribution is 9.10. The molecule has 1 unspecified atom stereocenters. The van der Waals surface area contributed by atoms with Gasteiger partial charge in [-0.15, -0.1) is 0 Å². The maximum Gasteiger partial charge on any atom is 0.279 e. The first-order chi connectivity index (χ1) is 11.5. The van der Waals surface area contributed by atoms with E-state index in [-0.39, 0.29) is 0 Å². The molecule has 1 atom stereocenters. The zero-order chi connectivity index (χ0) is 17.5. The molecule has 0 saturated heterocycles. The number of halogens is 1. The first kappa shape index (κ1) is 17.8. The second-order valence-electron chi connectivity index (χ2n) is 4.83. The summed E-state index contributed by atoms with van der Waals surface area (Å²) in [6.07, 6.45) is -0.819. The van der Waals surface area contributed by atoms with Crippen molar-refractivity contribution < 1.29 is 19.1 Å². The number of nitrogens with one attached hydrogen (secondary N) is 2. The number of carbonyl (C=O) groups is 2. The summed E-state index contributed by atoms with van der Waals surface area (Å²) < 4.78 is 11.4. The van der Waals surface area contributed by atoms with Crippen LogP contribution >= 0.6 is 15.9 Å². The third kappa shape index (κ3) is 4.48. The highest BCUT2D eigenvalue weighted by Crippen LogP contribution is 2.26. The SMILES string of the molecule is COc1ccccc1OC(C)C(=O)NNC(=O)c1ccccc1Br. The van der Waals surface area contributed by atoms with Gasteiger partial charge in [0.1, 0.15) is 0 Å². The lowest BCUT2D eigenvalue weighted by atomic mass is 10.2. The van der Waals surface area contributed by atoms with Crippen LogP contribution in [0.15, 0.2) is 53.0 Å². The minimum Gasteiger partial charge on any atom is -0.493 e. The molecule has 0 aromatic heterocycles. The van der Waals surface area contributed by atoms with E-state index in [2.05, 4.69) is 26.8 Å². The molecule has 0 bridgehead atoms. The van der Waals surface area contributed by atoms with E-state index in [1.807, 2.05) is 0 Å². The van der Waals surface area contributed by atoms with Gasteiger partial charge in [-0.25, -0.2) is 0 Å². The first-order valence-corrected chi connectivity index (χ1v) is 7.96. The monoisotopic (exact) mass is 392 g/mol. The van der Waals surface area contributed by atoms with Gasteiger partial charge in [0.2, 0.25) is 0 Å². The minimum atomic E-state index is -0.819. The van der Waals surface area contributed by atoms with Crippen molar-refractivity contribution in [3.63, 3.8) is 0 Å². The van der Waals surface area contributed by atoms with Crippen LogP contribution in [0.3, 0.4) is 0 Å². The molecule has 0 aliphatic heterocycles. The second-order valence-corrected chi connectivity index (χ2v) is 5.69. The fraction of sp³-hybridized carbons (Fsp3) is 0.176. The Balaban J connectivity index is 1.92. The van der Waals surface area contributed by atoms with E-state index in [1.54, 1.807) is 55.5 Å². The number of methoxy groups -OCH3 is 1. The average molecular weight is 393 g/mol. The predicted molar refractivity (Wildman–Crippen MR) is 92.8 cm³/mol. The highest BCUT2D eigenvalue weighted by Gasteiger charge is 2.18. The molecule has 0 fully saturated rings. The molecule has 0 aliphatic carbocycles. The summed E-state index contributed by atoms with van der Waals surface area (Å²) in [6, 6.07) is 13.9. The van der Waals surface area contributed by atoms with Crippen molar-refractivity contribution in [2.24, 2.45) is 0 Å². The van der Waals surface area contributed by atoms with Gasteiger partial charge < -0.3 is 9.47 Å². The van der Waals surface area contributed by atoms with E-state index >= 15 is 0 Å². The molecule has 7 heteroatoms. The number of ether oxygens (including phenoxy) is 2. The molecule has 2 N–H and O–H groups in total. The maximum absolute atomic E-state index is 12.1. The number of hydrogen-bond donors (Lipinski definition) is 2. The molecule has 0 aliphatic rings. The lowest BCUT2D eigenvalue weighted by molar-refractivity contribution is -0.128. The molecule has 2 amide bonds. The quantitative estimate of drug-likeness (QED) is 0.766. The molecule has 0 saturated carbocycles. The van der Waals surface area contributed by atoms with Crippen LogP contribution in [0.1, 0.15) is 17.3 Å². The van der Waals surface area contributed by atoms with Crippen molar-refractivity contribution in [3.05, 3.63) is 58.6 Å². The van der Waals surface area contributed by atoms with Crippen molar-refractivity contribution in [1.29, 1.82) is 0 Å². The van der Waals surface area contributed by atoms with Crippen LogP contribution < -0.4 is 20.3 Å². The fourth-order valence-electron chi connectivity index (χ4n) is 1.89. The molecule has 2 aromatic carbocycles. The van der Waals surface area contributed by atoms with Crippen LogP contribution in [0.2, 0.25) is 0 Å². The average Bonchev–Trinajstić information content (AvgIpc) is 2.60. The van der Waals surface area contributed by atoms with E-state index < -0.39 is 17.9 Å². The molecular weight excluding hydrogens is 376 g/mol. The number of hydrazine groups is 1. The van der Waals surface area contributed by atoms with Gasteiger partial charge in [0.25, 0.3) is 11.8 Å². The number of para-hydroxylation sites is 2. The molecule has 6 nitrogen and oxygen atoms in total. The Hall–Kier alpha value is -2.54. The van der Waals surface area contributed by atoms with Gasteiger partial charge in [-0.1, -0.05) is 24.3 Å². The predicted octanol–water partition coefficient (Wildman–Crippen LogP) is 2.69. The molecule has 2 aromatic rings. The zero-order valence-electron chi connectivity index (χ0n) is 13.2. The Morgan fingerprint density at radius 1 is 1.00 bits per heavy atom. The summed E-state index contributed by atoms with van der Waals surface area (Å²) in [5.41, 5.74) is 5.11.